The molecule has 1 heterocycles. The van der Waals surface area contributed by atoms with Crippen LogP contribution in [0.4, 0.5) is 5.69 Å². The fourth-order valence-electron chi connectivity index (χ4n) is 3.80. The van der Waals surface area contributed by atoms with E-state index in [-0.39, 0.29) is 11.8 Å². The van der Waals surface area contributed by atoms with Crippen LogP contribution >= 0.6 is 0 Å². The van der Waals surface area contributed by atoms with Gasteiger partial charge in [-0.05, 0) is 34.9 Å². The number of benzene rings is 3. The lowest BCUT2D eigenvalue weighted by Crippen LogP contribution is -2.40. The first-order valence-electron chi connectivity index (χ1n) is 10.8. The number of anilines is 1. The standard InChI is InChI=1S/C26H28N4O2/c1-27-26(29-17-21-15-25(31)30-24-13-6-5-12-23(21)24)28-16-20-10-7-11-22(14-20)32-18-19-8-3-2-4-9-19/h2-14,21H,15-18H2,1H3,(H,30,31)(H2,27,28,29). The second kappa shape index (κ2) is 10.5. The number of carbonyl (C=O) groups excluding carboxylic acids is 1. The van der Waals surface area contributed by atoms with Crippen LogP contribution in [0.3, 0.4) is 0 Å². The van der Waals surface area contributed by atoms with Gasteiger partial charge in [-0.3, -0.25) is 9.79 Å². The molecule has 0 saturated heterocycles. The van der Waals surface area contributed by atoms with E-state index in [1.165, 1.54) is 0 Å². The van der Waals surface area contributed by atoms with Crippen LogP contribution in [0, 0.1) is 0 Å². The lowest BCUT2D eigenvalue weighted by Gasteiger charge is -2.26. The molecular formula is C26H28N4O2. The summed E-state index contributed by atoms with van der Waals surface area (Å²) >= 11 is 0. The number of nitrogens with one attached hydrogen (secondary N) is 3. The molecule has 6 heteroatoms. The van der Waals surface area contributed by atoms with E-state index in [1.54, 1.807) is 7.05 Å². The summed E-state index contributed by atoms with van der Waals surface area (Å²) in [5.41, 5.74) is 4.28. The number of fused-ring (bicyclic) bond motifs is 1. The van der Waals surface area contributed by atoms with Crippen molar-refractivity contribution in [3.05, 3.63) is 95.6 Å². The van der Waals surface area contributed by atoms with Crippen molar-refractivity contribution in [1.29, 1.82) is 0 Å². The molecular weight excluding hydrogens is 400 g/mol. The number of ether oxygens (including phenoxy) is 1. The van der Waals surface area contributed by atoms with Crippen LogP contribution in [0.5, 0.6) is 5.75 Å². The molecule has 3 aromatic carbocycles. The zero-order valence-corrected chi connectivity index (χ0v) is 18.2. The molecule has 0 radical (unpaired) electrons. The highest BCUT2D eigenvalue weighted by Crippen LogP contribution is 2.31. The van der Waals surface area contributed by atoms with E-state index in [1.807, 2.05) is 54.6 Å². The highest BCUT2D eigenvalue weighted by Gasteiger charge is 2.24. The quantitative estimate of drug-likeness (QED) is 0.392. The Balaban J connectivity index is 1.30. The largest absolute Gasteiger partial charge is 0.489 e. The Hall–Kier alpha value is -3.80. The van der Waals surface area contributed by atoms with Gasteiger partial charge in [0.2, 0.25) is 5.91 Å². The van der Waals surface area contributed by atoms with Gasteiger partial charge in [-0.25, -0.2) is 0 Å². The number of carbonyl (C=O) groups is 1. The molecule has 0 saturated carbocycles. The molecule has 0 bridgehead atoms. The van der Waals surface area contributed by atoms with Gasteiger partial charge in [0.05, 0.1) is 0 Å². The third kappa shape index (κ3) is 5.66. The van der Waals surface area contributed by atoms with Crippen molar-refractivity contribution in [3.8, 4) is 5.75 Å². The second-order valence-corrected chi connectivity index (χ2v) is 7.76. The van der Waals surface area contributed by atoms with Crippen molar-refractivity contribution < 1.29 is 9.53 Å². The van der Waals surface area contributed by atoms with Crippen LogP contribution in [0.25, 0.3) is 0 Å². The van der Waals surface area contributed by atoms with Crippen molar-refractivity contribution >= 4 is 17.6 Å². The summed E-state index contributed by atoms with van der Waals surface area (Å²) in [5.74, 6) is 1.68. The maximum Gasteiger partial charge on any atom is 0.225 e. The number of aliphatic imine (C=N–C) groups is 1. The van der Waals surface area contributed by atoms with Gasteiger partial charge < -0.3 is 20.7 Å². The number of guanidine groups is 1. The average Bonchev–Trinajstić information content (AvgIpc) is 2.83. The first-order chi connectivity index (χ1) is 15.7. The van der Waals surface area contributed by atoms with E-state index in [0.717, 1.165) is 28.1 Å². The van der Waals surface area contributed by atoms with E-state index in [2.05, 4.69) is 45.2 Å². The Kier molecular flexibility index (Phi) is 7.02. The maximum absolute atomic E-state index is 12.0. The number of nitrogens with zero attached hydrogens (tertiary/aromatic N) is 1. The van der Waals surface area contributed by atoms with Crippen molar-refractivity contribution in [2.24, 2.45) is 4.99 Å². The fraction of sp³-hybridized carbons (Fsp3) is 0.231. The molecule has 32 heavy (non-hydrogen) atoms. The Bertz CT molecular complexity index is 1080. The molecule has 1 atom stereocenters. The van der Waals surface area contributed by atoms with Crippen molar-refractivity contribution in [3.63, 3.8) is 0 Å². The van der Waals surface area contributed by atoms with Gasteiger partial charge in [-0.2, -0.15) is 0 Å². The van der Waals surface area contributed by atoms with Gasteiger partial charge in [-0.1, -0.05) is 60.7 Å². The fourth-order valence-corrected chi connectivity index (χ4v) is 3.80. The molecule has 1 aliphatic heterocycles. The normalized spacial score (nSPS) is 15.5. The molecule has 3 N–H and O–H groups in total. The minimum Gasteiger partial charge on any atom is -0.489 e. The molecule has 1 amide bonds. The number of rotatable bonds is 7. The average molecular weight is 429 g/mol. The Morgan fingerprint density at radius 2 is 1.78 bits per heavy atom. The Labute approximate surface area is 188 Å². The van der Waals surface area contributed by atoms with Crippen molar-refractivity contribution in [1.82, 2.24) is 10.6 Å². The topological polar surface area (TPSA) is 74.8 Å². The zero-order valence-electron chi connectivity index (χ0n) is 18.2. The number of hydrogen-bond acceptors (Lipinski definition) is 3. The van der Waals surface area contributed by atoms with Gasteiger partial charge in [0.25, 0.3) is 0 Å². The third-order valence-corrected chi connectivity index (χ3v) is 5.45. The molecule has 164 valence electrons. The molecule has 1 aliphatic rings. The molecule has 3 aromatic rings. The third-order valence-electron chi connectivity index (χ3n) is 5.45. The summed E-state index contributed by atoms with van der Waals surface area (Å²) in [6.07, 6.45) is 0.460. The molecule has 6 nitrogen and oxygen atoms in total. The molecule has 4 rings (SSSR count). The number of amides is 1. The van der Waals surface area contributed by atoms with Gasteiger partial charge in [0.15, 0.2) is 5.96 Å². The van der Waals surface area contributed by atoms with Gasteiger partial charge in [-0.15, -0.1) is 0 Å². The van der Waals surface area contributed by atoms with Crippen molar-refractivity contribution in [2.45, 2.75) is 25.5 Å². The van der Waals surface area contributed by atoms with Crippen LogP contribution in [-0.2, 0) is 17.9 Å². The lowest BCUT2D eigenvalue weighted by atomic mass is 9.90. The molecule has 0 aliphatic carbocycles. The van der Waals surface area contributed by atoms with Gasteiger partial charge >= 0.3 is 0 Å². The first-order valence-corrected chi connectivity index (χ1v) is 10.8. The summed E-state index contributed by atoms with van der Waals surface area (Å²) in [6, 6.07) is 26.1. The predicted octanol–water partition coefficient (Wildman–Crippen LogP) is 4.06. The summed E-state index contributed by atoms with van der Waals surface area (Å²) in [5, 5.41) is 9.64. The van der Waals surface area contributed by atoms with Crippen LogP contribution < -0.4 is 20.7 Å². The summed E-state index contributed by atoms with van der Waals surface area (Å²) < 4.78 is 5.92. The van der Waals surface area contributed by atoms with Crippen molar-refractivity contribution in [2.75, 3.05) is 18.9 Å². The van der Waals surface area contributed by atoms with Crippen LogP contribution in [0.2, 0.25) is 0 Å². The molecule has 0 aromatic heterocycles. The van der Waals surface area contributed by atoms with Gasteiger partial charge in [0.1, 0.15) is 12.4 Å². The summed E-state index contributed by atoms with van der Waals surface area (Å²) in [4.78, 5) is 16.4. The predicted molar refractivity (Wildman–Crippen MR) is 128 cm³/mol. The molecule has 1 unspecified atom stereocenters. The van der Waals surface area contributed by atoms with E-state index in [9.17, 15) is 4.79 Å². The van der Waals surface area contributed by atoms with E-state index >= 15 is 0 Å². The summed E-state index contributed by atoms with van der Waals surface area (Å²) in [7, 11) is 1.75. The SMILES string of the molecule is CN=C(NCc1cccc(OCc2ccccc2)c1)NCC1CC(=O)Nc2ccccc21. The van der Waals surface area contributed by atoms with Gasteiger partial charge in [0, 0.05) is 38.2 Å². The minimum atomic E-state index is 0.0470. The monoisotopic (exact) mass is 428 g/mol. The van der Waals surface area contributed by atoms with Crippen LogP contribution in [0.1, 0.15) is 29.0 Å². The number of para-hydroxylation sites is 1. The lowest BCUT2D eigenvalue weighted by molar-refractivity contribution is -0.116. The highest BCUT2D eigenvalue weighted by molar-refractivity contribution is 5.94. The molecule has 0 spiro atoms. The van der Waals surface area contributed by atoms with E-state index in [4.69, 9.17) is 4.74 Å². The first kappa shape index (κ1) is 21.4. The Morgan fingerprint density at radius 3 is 2.62 bits per heavy atom. The van der Waals surface area contributed by atoms with Crippen LogP contribution in [-0.4, -0.2) is 25.5 Å². The minimum absolute atomic E-state index is 0.0470. The zero-order chi connectivity index (χ0) is 22.2. The Morgan fingerprint density at radius 1 is 1.00 bits per heavy atom. The highest BCUT2D eigenvalue weighted by atomic mass is 16.5. The summed E-state index contributed by atoms with van der Waals surface area (Å²) in [6.45, 7) is 1.78. The number of hydrogen-bond donors (Lipinski definition) is 3. The molecule has 0 fully saturated rings. The maximum atomic E-state index is 12.0. The van der Waals surface area contributed by atoms with Crippen LogP contribution in [0.15, 0.2) is 83.9 Å². The van der Waals surface area contributed by atoms with E-state index < -0.39 is 0 Å². The second-order valence-electron chi connectivity index (χ2n) is 7.76. The van der Waals surface area contributed by atoms with E-state index in [0.29, 0.717) is 32.1 Å². The smallest absolute Gasteiger partial charge is 0.225 e.